The molecule has 0 aliphatic carbocycles. The lowest BCUT2D eigenvalue weighted by Crippen LogP contribution is -2.34. The molecule has 12 heteroatoms. The summed E-state index contributed by atoms with van der Waals surface area (Å²) >= 11 is 1.39. The summed E-state index contributed by atoms with van der Waals surface area (Å²) in [6, 6.07) is 4.25. The van der Waals surface area contributed by atoms with Gasteiger partial charge < -0.3 is 9.29 Å². The molecular formula is C20H17BrF2N4O4S. The van der Waals surface area contributed by atoms with Crippen LogP contribution in [0.2, 0.25) is 0 Å². The van der Waals surface area contributed by atoms with Crippen molar-refractivity contribution in [2.75, 3.05) is 24.9 Å². The van der Waals surface area contributed by atoms with Gasteiger partial charge >= 0.3 is 0 Å². The molecular weight excluding hydrogens is 510 g/mol. The molecule has 1 aliphatic heterocycles. The number of halogens is 3. The number of methoxy groups -OCH3 is 1. The van der Waals surface area contributed by atoms with Crippen LogP contribution in [0.3, 0.4) is 0 Å². The van der Waals surface area contributed by atoms with Crippen molar-refractivity contribution in [3.05, 3.63) is 52.0 Å². The second kappa shape index (κ2) is 9.14. The number of carbonyl (C=O) groups excluding carboxylic acids is 2. The van der Waals surface area contributed by atoms with E-state index in [1.54, 1.807) is 6.07 Å². The number of rotatable bonds is 7. The molecule has 0 bridgehead atoms. The molecule has 4 rings (SSSR count). The summed E-state index contributed by atoms with van der Waals surface area (Å²) < 4.78 is 52.1. The van der Waals surface area contributed by atoms with E-state index in [2.05, 4.69) is 25.6 Å². The quantitative estimate of drug-likeness (QED) is 0.286. The minimum absolute atomic E-state index is 0.0315. The van der Waals surface area contributed by atoms with Crippen molar-refractivity contribution in [1.29, 1.82) is 0 Å². The van der Waals surface area contributed by atoms with E-state index in [0.717, 1.165) is 4.57 Å². The maximum atomic E-state index is 15.5. The summed E-state index contributed by atoms with van der Waals surface area (Å²) in [5.74, 6) is -1.76. The van der Waals surface area contributed by atoms with Gasteiger partial charge in [-0.1, -0.05) is 0 Å². The van der Waals surface area contributed by atoms with Crippen molar-refractivity contribution >= 4 is 56.4 Å². The van der Waals surface area contributed by atoms with Crippen molar-refractivity contribution in [3.8, 4) is 5.75 Å². The van der Waals surface area contributed by atoms with Gasteiger partial charge in [0.1, 0.15) is 28.8 Å². The third-order valence-corrected chi connectivity index (χ3v) is 6.70. The Kier molecular flexibility index (Phi) is 6.47. The molecule has 1 aliphatic rings. The van der Waals surface area contributed by atoms with Crippen LogP contribution in [0.5, 0.6) is 5.75 Å². The van der Waals surface area contributed by atoms with Gasteiger partial charge in [-0.25, -0.2) is 13.8 Å². The number of fused-ring (bicyclic) bond motifs is 1. The van der Waals surface area contributed by atoms with Gasteiger partial charge in [-0.15, -0.1) is 4.31 Å². The number of hydrogen-bond donors (Lipinski definition) is 1. The molecule has 1 fully saturated rings. The van der Waals surface area contributed by atoms with Crippen LogP contribution in [0.25, 0.3) is 11.0 Å². The number of anilines is 1. The van der Waals surface area contributed by atoms with Gasteiger partial charge in [0, 0.05) is 28.8 Å². The molecule has 2 unspecified atom stereocenters. The van der Waals surface area contributed by atoms with Crippen LogP contribution < -0.4 is 9.46 Å². The largest absolute Gasteiger partial charge is 0.573 e. The van der Waals surface area contributed by atoms with E-state index in [0.29, 0.717) is 16.3 Å². The number of ketones is 1. The first-order chi connectivity index (χ1) is 15.3. The van der Waals surface area contributed by atoms with Crippen molar-refractivity contribution in [2.24, 2.45) is 0 Å². The van der Waals surface area contributed by atoms with E-state index in [1.807, 2.05) is 0 Å². The molecule has 1 aromatic carbocycles. The zero-order chi connectivity index (χ0) is 23.0. The Morgan fingerprint density at radius 2 is 2.25 bits per heavy atom. The molecule has 0 spiro atoms. The minimum atomic E-state index is -1.89. The van der Waals surface area contributed by atoms with Crippen molar-refractivity contribution in [3.63, 3.8) is 0 Å². The molecule has 2 aromatic heterocycles. The SMILES string of the molecule is COc1ccc(N[S+]([O-])N2CCC(F)C2)c(F)c1C(=O)c1cn(C=O)c2ncc(Br)cc12. The van der Waals surface area contributed by atoms with Gasteiger partial charge in [-0.3, -0.25) is 14.2 Å². The van der Waals surface area contributed by atoms with E-state index in [9.17, 15) is 18.5 Å². The Balaban J connectivity index is 1.75. The van der Waals surface area contributed by atoms with Crippen LogP contribution >= 0.6 is 15.9 Å². The molecule has 2 atom stereocenters. The summed E-state index contributed by atoms with van der Waals surface area (Å²) in [6.45, 7) is 0.230. The smallest absolute Gasteiger partial charge is 0.219 e. The van der Waals surface area contributed by atoms with Gasteiger partial charge in [-0.05, 0) is 40.5 Å². The summed E-state index contributed by atoms with van der Waals surface area (Å²) in [4.78, 5) is 28.9. The normalized spacial score (nSPS) is 17.5. The molecule has 3 heterocycles. The molecule has 1 saturated heterocycles. The summed E-state index contributed by atoms with van der Waals surface area (Å²) in [5, 5.41) is 0.339. The first kappa shape index (κ1) is 22.6. The molecule has 3 aromatic rings. The summed E-state index contributed by atoms with van der Waals surface area (Å²) in [7, 11) is 1.29. The average molecular weight is 527 g/mol. The number of hydrogen-bond acceptors (Lipinski definition) is 7. The Morgan fingerprint density at radius 3 is 2.91 bits per heavy atom. The number of carbonyl (C=O) groups is 2. The van der Waals surface area contributed by atoms with E-state index in [1.165, 1.54) is 35.9 Å². The lowest BCUT2D eigenvalue weighted by Gasteiger charge is -2.20. The van der Waals surface area contributed by atoms with Crippen LogP contribution in [-0.2, 0) is 16.3 Å². The highest BCUT2D eigenvalue weighted by molar-refractivity contribution is 9.10. The van der Waals surface area contributed by atoms with Crippen molar-refractivity contribution < 1.29 is 27.7 Å². The number of ether oxygens (including phenoxy) is 1. The monoisotopic (exact) mass is 526 g/mol. The van der Waals surface area contributed by atoms with Gasteiger partial charge in [0.2, 0.25) is 12.2 Å². The van der Waals surface area contributed by atoms with E-state index in [-0.39, 0.29) is 42.2 Å². The fourth-order valence-corrected chi connectivity index (χ4v) is 4.89. The molecule has 32 heavy (non-hydrogen) atoms. The Hall–Kier alpha value is -2.54. The number of benzene rings is 1. The highest BCUT2D eigenvalue weighted by Gasteiger charge is 2.33. The maximum Gasteiger partial charge on any atom is 0.219 e. The van der Waals surface area contributed by atoms with Gasteiger partial charge in [0.05, 0.1) is 19.2 Å². The molecule has 168 valence electrons. The predicted molar refractivity (Wildman–Crippen MR) is 119 cm³/mol. The number of nitrogens with zero attached hydrogens (tertiary/aromatic N) is 3. The second-order valence-corrected chi connectivity index (χ2v) is 9.17. The zero-order valence-electron chi connectivity index (χ0n) is 16.7. The second-order valence-electron chi connectivity index (χ2n) is 7.04. The predicted octanol–water partition coefficient (Wildman–Crippen LogP) is 3.25. The zero-order valence-corrected chi connectivity index (χ0v) is 19.1. The van der Waals surface area contributed by atoms with Crippen LogP contribution in [0.4, 0.5) is 14.5 Å². The minimum Gasteiger partial charge on any atom is -0.573 e. The number of alkyl halides is 1. The molecule has 1 N–H and O–H groups in total. The number of nitrogens with one attached hydrogen (secondary N) is 1. The van der Waals surface area contributed by atoms with Gasteiger partial charge in [-0.2, -0.15) is 4.72 Å². The third-order valence-electron chi connectivity index (χ3n) is 5.07. The number of pyridine rings is 1. The van der Waals surface area contributed by atoms with E-state index >= 15 is 4.39 Å². The third kappa shape index (κ3) is 4.10. The first-order valence-electron chi connectivity index (χ1n) is 9.44. The van der Waals surface area contributed by atoms with Crippen molar-refractivity contribution in [1.82, 2.24) is 13.9 Å². The topological polar surface area (TPSA) is 99.5 Å². The molecule has 0 radical (unpaired) electrons. The molecule has 8 nitrogen and oxygen atoms in total. The fraction of sp³-hybridized carbons (Fsp3) is 0.250. The Morgan fingerprint density at radius 1 is 1.47 bits per heavy atom. The van der Waals surface area contributed by atoms with Crippen LogP contribution in [-0.4, -0.2) is 57.0 Å². The first-order valence-corrected chi connectivity index (χ1v) is 11.3. The molecule has 0 saturated carbocycles. The van der Waals surface area contributed by atoms with E-state index < -0.39 is 34.9 Å². The lowest BCUT2D eigenvalue weighted by atomic mass is 10.0. The summed E-state index contributed by atoms with van der Waals surface area (Å²) in [5.41, 5.74) is -0.329. The standard InChI is InChI=1S/C20H17BrF2N4O4S/c1-31-16-3-2-15(25-32(30)27-5-4-12(22)8-27)18(23)17(16)19(29)14-9-26(10-28)20-13(14)6-11(21)7-24-20/h2-3,6-7,9-10,12,25H,4-5,8H2,1H3. The number of aromatic nitrogens is 2. The Bertz CT molecular complexity index is 1210. The fourth-order valence-electron chi connectivity index (χ4n) is 3.52. The highest BCUT2D eigenvalue weighted by Crippen LogP contribution is 2.33. The van der Waals surface area contributed by atoms with Gasteiger partial charge in [0.15, 0.2) is 17.4 Å². The van der Waals surface area contributed by atoms with Gasteiger partial charge in [0.25, 0.3) is 0 Å². The lowest BCUT2D eigenvalue weighted by molar-refractivity contribution is 0.103. The maximum absolute atomic E-state index is 15.5. The van der Waals surface area contributed by atoms with E-state index in [4.69, 9.17) is 4.74 Å². The summed E-state index contributed by atoms with van der Waals surface area (Å²) in [6.07, 6.45) is 2.37. The van der Waals surface area contributed by atoms with Crippen LogP contribution in [0.15, 0.2) is 35.1 Å². The van der Waals surface area contributed by atoms with Crippen molar-refractivity contribution in [2.45, 2.75) is 12.6 Å². The molecule has 0 amide bonds. The average Bonchev–Trinajstić information content (AvgIpc) is 3.37. The highest BCUT2D eigenvalue weighted by atomic mass is 79.9. The van der Waals surface area contributed by atoms with Crippen LogP contribution in [0.1, 0.15) is 22.3 Å². The Labute approximate surface area is 193 Å². The van der Waals surface area contributed by atoms with Crippen LogP contribution in [0, 0.1) is 5.82 Å².